The Bertz CT molecular complexity index is 1240. The van der Waals surface area contributed by atoms with Crippen LogP contribution >= 0.6 is 0 Å². The van der Waals surface area contributed by atoms with Gasteiger partial charge in [0.1, 0.15) is 11.3 Å². The van der Waals surface area contributed by atoms with Crippen LogP contribution in [-0.2, 0) is 21.5 Å². The van der Waals surface area contributed by atoms with Crippen molar-refractivity contribution < 1.29 is 14.3 Å². The van der Waals surface area contributed by atoms with E-state index >= 15 is 0 Å². The number of carbonyl (C=O) groups excluding carboxylic acids is 2. The van der Waals surface area contributed by atoms with Gasteiger partial charge in [-0.2, -0.15) is 0 Å². The number of amides is 2. The third kappa shape index (κ3) is 3.74. The van der Waals surface area contributed by atoms with Crippen molar-refractivity contribution in [3.8, 4) is 5.75 Å². The zero-order chi connectivity index (χ0) is 23.9. The zero-order valence-corrected chi connectivity index (χ0v) is 19.6. The van der Waals surface area contributed by atoms with E-state index < -0.39 is 11.5 Å². The van der Waals surface area contributed by atoms with Gasteiger partial charge in [-0.05, 0) is 62.1 Å². The number of methoxy groups -OCH3 is 1. The smallest absolute Gasteiger partial charge is 0.250 e. The van der Waals surface area contributed by atoms with E-state index in [0.717, 1.165) is 34.5 Å². The topological polar surface area (TPSA) is 79.5 Å². The Morgan fingerprint density at radius 3 is 2.53 bits per heavy atom. The van der Waals surface area contributed by atoms with Gasteiger partial charge in [-0.15, -0.1) is 0 Å². The molecule has 2 aliphatic heterocycles. The van der Waals surface area contributed by atoms with E-state index in [1.54, 1.807) is 19.2 Å². The van der Waals surface area contributed by atoms with Gasteiger partial charge in [-0.3, -0.25) is 14.9 Å². The van der Waals surface area contributed by atoms with Gasteiger partial charge in [0, 0.05) is 23.0 Å². The number of fused-ring (bicyclic) bond motifs is 2. The third-order valence-electron chi connectivity index (χ3n) is 6.98. The highest BCUT2D eigenvalue weighted by Crippen LogP contribution is 2.49. The van der Waals surface area contributed by atoms with Gasteiger partial charge in [0.25, 0.3) is 0 Å². The number of nitrogens with one attached hydrogen (secondary N) is 3. The van der Waals surface area contributed by atoms with Crippen LogP contribution in [0.25, 0.3) is 0 Å². The lowest BCUT2D eigenvalue weighted by Crippen LogP contribution is -2.52. The van der Waals surface area contributed by atoms with Gasteiger partial charge < -0.3 is 15.4 Å². The van der Waals surface area contributed by atoms with Gasteiger partial charge in [0.15, 0.2) is 0 Å². The van der Waals surface area contributed by atoms with Crippen molar-refractivity contribution in [2.24, 2.45) is 5.92 Å². The molecule has 0 bridgehead atoms. The molecule has 1 spiro atoms. The highest BCUT2D eigenvalue weighted by Gasteiger charge is 2.60. The third-order valence-corrected chi connectivity index (χ3v) is 6.98. The normalized spacial score (nSPS) is 23.0. The number of hydrogen-bond acceptors (Lipinski definition) is 4. The van der Waals surface area contributed by atoms with Gasteiger partial charge in [-0.25, -0.2) is 0 Å². The van der Waals surface area contributed by atoms with Crippen molar-refractivity contribution in [2.75, 3.05) is 17.7 Å². The first-order valence-electron chi connectivity index (χ1n) is 11.6. The molecule has 2 amide bonds. The van der Waals surface area contributed by atoms with Crippen molar-refractivity contribution in [3.63, 3.8) is 0 Å². The van der Waals surface area contributed by atoms with Crippen LogP contribution in [-0.4, -0.2) is 25.0 Å². The lowest BCUT2D eigenvalue weighted by Gasteiger charge is -2.29. The van der Waals surface area contributed by atoms with Crippen molar-refractivity contribution in [2.45, 2.75) is 38.3 Å². The minimum absolute atomic E-state index is 0.0217. The second-order valence-electron chi connectivity index (χ2n) is 9.30. The summed E-state index contributed by atoms with van der Waals surface area (Å²) in [6.45, 7) is 4.01. The number of hydrogen-bond donors (Lipinski definition) is 3. The maximum atomic E-state index is 13.7. The summed E-state index contributed by atoms with van der Waals surface area (Å²) in [4.78, 5) is 27.3. The summed E-state index contributed by atoms with van der Waals surface area (Å²) in [6.07, 6.45) is 1.29. The molecule has 0 saturated carbocycles. The molecule has 34 heavy (non-hydrogen) atoms. The number of anilines is 2. The molecule has 2 aliphatic rings. The van der Waals surface area contributed by atoms with E-state index in [4.69, 9.17) is 4.74 Å². The molecule has 0 aromatic heterocycles. The van der Waals surface area contributed by atoms with Crippen molar-refractivity contribution in [1.29, 1.82) is 0 Å². The van der Waals surface area contributed by atoms with Gasteiger partial charge in [0.05, 0.1) is 13.0 Å². The summed E-state index contributed by atoms with van der Waals surface area (Å²) in [5.74, 6) is -0.183. The largest absolute Gasteiger partial charge is 0.497 e. The fourth-order valence-electron chi connectivity index (χ4n) is 5.45. The van der Waals surface area contributed by atoms with Crippen LogP contribution in [0, 0.1) is 19.8 Å². The number of rotatable bonds is 5. The van der Waals surface area contributed by atoms with Crippen molar-refractivity contribution >= 4 is 23.2 Å². The first-order valence-corrected chi connectivity index (χ1v) is 11.6. The highest BCUT2D eigenvalue weighted by molar-refractivity contribution is 6.11. The van der Waals surface area contributed by atoms with Gasteiger partial charge in [0.2, 0.25) is 11.8 Å². The Labute approximate surface area is 199 Å². The summed E-state index contributed by atoms with van der Waals surface area (Å²) >= 11 is 0. The Morgan fingerprint density at radius 1 is 1.09 bits per heavy atom. The van der Waals surface area contributed by atoms with E-state index in [2.05, 4.69) is 34.1 Å². The maximum Gasteiger partial charge on any atom is 0.250 e. The van der Waals surface area contributed by atoms with Crippen LogP contribution in [0.1, 0.15) is 28.7 Å². The number of benzene rings is 3. The standard InChI is InChI=1S/C28H29N3O3/c1-17-13-18(2)25-23(14-17)28(27(33)30-25)24(16-21(31-28)15-19-7-5-4-6-8-19)26(32)29-20-9-11-22(34-3)12-10-20/h4-14,21,24,31H,15-16H2,1-3H3,(H,29,32)(H,30,33)/t21-,24+,28-/m0/s1. The Kier molecular flexibility index (Phi) is 5.62. The second-order valence-corrected chi connectivity index (χ2v) is 9.30. The number of aryl methyl sites for hydroxylation is 2. The first-order chi connectivity index (χ1) is 16.4. The summed E-state index contributed by atoms with van der Waals surface area (Å²) in [6, 6.07) is 21.5. The molecule has 0 unspecified atom stereocenters. The van der Waals surface area contributed by atoms with Crippen molar-refractivity contribution in [1.82, 2.24) is 5.32 Å². The Hall–Kier alpha value is -3.64. The lowest BCUT2D eigenvalue weighted by atomic mass is 9.78. The molecular formula is C28H29N3O3. The molecule has 3 N–H and O–H groups in total. The average Bonchev–Trinajstić information content (AvgIpc) is 3.34. The monoisotopic (exact) mass is 455 g/mol. The number of ether oxygens (including phenoxy) is 1. The van der Waals surface area contributed by atoms with Crippen LogP contribution in [0.2, 0.25) is 0 Å². The number of carbonyl (C=O) groups is 2. The second kappa shape index (κ2) is 8.61. The Balaban J connectivity index is 1.52. The van der Waals surface area contributed by atoms with E-state index in [9.17, 15) is 9.59 Å². The highest BCUT2D eigenvalue weighted by atomic mass is 16.5. The van der Waals surface area contributed by atoms with Gasteiger partial charge in [-0.1, -0.05) is 48.0 Å². The molecule has 1 saturated heterocycles. The quantitative estimate of drug-likeness (QED) is 0.535. The fourth-order valence-corrected chi connectivity index (χ4v) is 5.45. The van der Waals surface area contributed by atoms with E-state index in [-0.39, 0.29) is 17.9 Å². The van der Waals surface area contributed by atoms with E-state index in [1.807, 2.05) is 50.2 Å². The lowest BCUT2D eigenvalue weighted by molar-refractivity contribution is -0.130. The maximum absolute atomic E-state index is 13.7. The fraction of sp³-hybridized carbons (Fsp3) is 0.286. The SMILES string of the molecule is COc1ccc(NC(=O)[C@H]2C[C@H](Cc3ccccc3)N[C@]23C(=O)Nc2c(C)cc(C)cc23)cc1. The molecule has 5 rings (SSSR count). The molecule has 0 radical (unpaired) electrons. The summed E-state index contributed by atoms with van der Waals surface area (Å²) in [5.41, 5.74) is 4.47. The van der Waals surface area contributed by atoms with Crippen LogP contribution in [0.3, 0.4) is 0 Å². The van der Waals surface area contributed by atoms with Crippen LogP contribution < -0.4 is 20.7 Å². The predicted molar refractivity (Wildman–Crippen MR) is 133 cm³/mol. The van der Waals surface area contributed by atoms with Gasteiger partial charge >= 0.3 is 0 Å². The van der Waals surface area contributed by atoms with E-state index in [1.165, 1.54) is 5.56 Å². The average molecular weight is 456 g/mol. The molecular weight excluding hydrogens is 426 g/mol. The van der Waals surface area contributed by atoms with E-state index in [0.29, 0.717) is 12.1 Å². The minimum atomic E-state index is -1.11. The Morgan fingerprint density at radius 2 is 1.82 bits per heavy atom. The van der Waals surface area contributed by atoms with Crippen molar-refractivity contribution in [3.05, 3.63) is 89.0 Å². The zero-order valence-electron chi connectivity index (χ0n) is 19.6. The molecule has 1 fully saturated rings. The van der Waals surface area contributed by atoms with Crippen LogP contribution in [0.15, 0.2) is 66.7 Å². The predicted octanol–water partition coefficient (Wildman–Crippen LogP) is 4.32. The molecule has 174 valence electrons. The van der Waals surface area contributed by atoms with Crippen LogP contribution in [0.4, 0.5) is 11.4 Å². The molecule has 6 nitrogen and oxygen atoms in total. The minimum Gasteiger partial charge on any atom is -0.497 e. The molecule has 2 heterocycles. The summed E-state index contributed by atoms with van der Waals surface area (Å²) in [5, 5.41) is 9.73. The van der Waals surface area contributed by atoms with Crippen LogP contribution in [0.5, 0.6) is 5.75 Å². The molecule has 3 atom stereocenters. The summed E-state index contributed by atoms with van der Waals surface area (Å²) < 4.78 is 5.22. The summed E-state index contributed by atoms with van der Waals surface area (Å²) in [7, 11) is 1.61. The molecule has 3 aromatic carbocycles. The molecule has 3 aromatic rings. The first kappa shape index (κ1) is 22.2. The molecule has 0 aliphatic carbocycles. The molecule has 6 heteroatoms.